The summed E-state index contributed by atoms with van der Waals surface area (Å²) in [5, 5.41) is 0. The molecule has 0 saturated carbocycles. The number of hydrogen-bond donors (Lipinski definition) is 1. The number of benzene rings is 2. The predicted octanol–water partition coefficient (Wildman–Crippen LogP) is 2.80. The quantitative estimate of drug-likeness (QED) is 0.695. The molecule has 0 unspecified atom stereocenters. The van der Waals surface area contributed by atoms with Gasteiger partial charge in [0.05, 0.1) is 25.3 Å². The fraction of sp³-hybridized carbons (Fsp3) is 0.133. The summed E-state index contributed by atoms with van der Waals surface area (Å²) in [6.45, 7) is 0. The first-order valence-corrected chi connectivity index (χ1v) is 5.99. The van der Waals surface area contributed by atoms with E-state index in [9.17, 15) is 13.6 Å². The van der Waals surface area contributed by atoms with E-state index >= 15 is 0 Å². The van der Waals surface area contributed by atoms with Crippen molar-refractivity contribution in [3.05, 3.63) is 53.1 Å². The van der Waals surface area contributed by atoms with Crippen LogP contribution in [0.1, 0.15) is 15.9 Å². The average Bonchev–Trinajstić information content (AvgIpc) is 2.46. The Bertz CT molecular complexity index is 678. The van der Waals surface area contributed by atoms with Crippen LogP contribution in [-0.2, 0) is 0 Å². The van der Waals surface area contributed by atoms with Crippen molar-refractivity contribution in [3.63, 3.8) is 0 Å². The molecule has 4 nitrogen and oxygen atoms in total. The Morgan fingerprint density at radius 2 is 1.67 bits per heavy atom. The molecule has 0 saturated heterocycles. The Morgan fingerprint density at radius 1 is 1.05 bits per heavy atom. The first-order chi connectivity index (χ1) is 9.97. The average molecular weight is 293 g/mol. The third-order valence-corrected chi connectivity index (χ3v) is 2.95. The number of anilines is 1. The number of ether oxygens (including phenoxy) is 2. The van der Waals surface area contributed by atoms with Gasteiger partial charge in [0, 0.05) is 17.8 Å². The lowest BCUT2D eigenvalue weighted by atomic mass is 10.0. The lowest BCUT2D eigenvalue weighted by molar-refractivity contribution is 0.102. The molecular formula is C15H13F2NO3. The summed E-state index contributed by atoms with van der Waals surface area (Å²) in [7, 11) is 2.62. The minimum Gasteiger partial charge on any atom is -0.497 e. The van der Waals surface area contributed by atoms with Crippen LogP contribution in [0.4, 0.5) is 14.5 Å². The Labute approximate surface area is 120 Å². The molecule has 6 heteroatoms. The van der Waals surface area contributed by atoms with Crippen molar-refractivity contribution in [2.75, 3.05) is 20.0 Å². The number of rotatable bonds is 4. The molecule has 2 N–H and O–H groups in total. The molecule has 110 valence electrons. The predicted molar refractivity (Wildman–Crippen MR) is 73.7 cm³/mol. The van der Waals surface area contributed by atoms with E-state index in [4.69, 9.17) is 15.2 Å². The largest absolute Gasteiger partial charge is 0.497 e. The second-order valence-electron chi connectivity index (χ2n) is 4.25. The number of methoxy groups -OCH3 is 2. The first-order valence-electron chi connectivity index (χ1n) is 5.99. The summed E-state index contributed by atoms with van der Waals surface area (Å²) in [6.07, 6.45) is 0. The highest BCUT2D eigenvalue weighted by Gasteiger charge is 2.23. The highest BCUT2D eigenvalue weighted by molar-refractivity contribution is 6.11. The summed E-state index contributed by atoms with van der Waals surface area (Å²) in [6, 6.07) is 6.17. The van der Waals surface area contributed by atoms with Crippen molar-refractivity contribution >= 4 is 11.5 Å². The van der Waals surface area contributed by atoms with E-state index < -0.39 is 23.0 Å². The van der Waals surface area contributed by atoms with Crippen LogP contribution >= 0.6 is 0 Å². The van der Waals surface area contributed by atoms with Gasteiger partial charge < -0.3 is 15.2 Å². The highest BCUT2D eigenvalue weighted by Crippen LogP contribution is 2.28. The van der Waals surface area contributed by atoms with Gasteiger partial charge in [-0.05, 0) is 18.2 Å². The minimum atomic E-state index is -1.01. The zero-order valence-electron chi connectivity index (χ0n) is 11.4. The molecule has 0 aliphatic carbocycles. The second-order valence-corrected chi connectivity index (χ2v) is 4.25. The van der Waals surface area contributed by atoms with E-state index in [0.717, 1.165) is 12.1 Å². The van der Waals surface area contributed by atoms with Crippen LogP contribution in [0, 0.1) is 11.6 Å². The molecule has 0 aromatic heterocycles. The fourth-order valence-corrected chi connectivity index (χ4v) is 1.92. The smallest absolute Gasteiger partial charge is 0.202 e. The summed E-state index contributed by atoms with van der Waals surface area (Å²) in [5.74, 6) is -2.70. The van der Waals surface area contributed by atoms with E-state index in [0.29, 0.717) is 0 Å². The van der Waals surface area contributed by atoms with Crippen LogP contribution in [0.15, 0.2) is 30.3 Å². The van der Waals surface area contributed by atoms with Crippen molar-refractivity contribution in [1.82, 2.24) is 0 Å². The normalized spacial score (nSPS) is 10.3. The van der Waals surface area contributed by atoms with E-state index in [-0.39, 0.29) is 22.7 Å². The van der Waals surface area contributed by atoms with Gasteiger partial charge in [-0.25, -0.2) is 8.78 Å². The van der Waals surface area contributed by atoms with E-state index in [1.165, 1.54) is 32.4 Å². The van der Waals surface area contributed by atoms with Crippen molar-refractivity contribution in [2.45, 2.75) is 0 Å². The van der Waals surface area contributed by atoms with Crippen molar-refractivity contribution < 1.29 is 23.0 Å². The number of nitrogens with two attached hydrogens (primary N) is 1. The monoisotopic (exact) mass is 293 g/mol. The van der Waals surface area contributed by atoms with Crippen LogP contribution < -0.4 is 15.2 Å². The Morgan fingerprint density at radius 3 is 2.19 bits per heavy atom. The van der Waals surface area contributed by atoms with Gasteiger partial charge in [0.1, 0.15) is 23.1 Å². The molecule has 0 aliphatic rings. The molecule has 21 heavy (non-hydrogen) atoms. The van der Waals surface area contributed by atoms with Gasteiger partial charge in [0.15, 0.2) is 0 Å². The third kappa shape index (κ3) is 2.79. The minimum absolute atomic E-state index is 0.0129. The SMILES string of the molecule is COc1cc(F)c(C(=O)c2cc(N)ccc2OC)c(F)c1. The molecule has 0 atom stereocenters. The topological polar surface area (TPSA) is 61.5 Å². The lowest BCUT2D eigenvalue weighted by Gasteiger charge is -2.10. The number of carbonyl (C=O) groups is 1. The van der Waals surface area contributed by atoms with Gasteiger partial charge in [0.25, 0.3) is 0 Å². The molecule has 0 radical (unpaired) electrons. The summed E-state index contributed by atoms with van der Waals surface area (Å²) >= 11 is 0. The highest BCUT2D eigenvalue weighted by atomic mass is 19.1. The van der Waals surface area contributed by atoms with Crippen LogP contribution in [0.5, 0.6) is 11.5 Å². The third-order valence-electron chi connectivity index (χ3n) is 2.95. The molecule has 0 bridgehead atoms. The number of halogens is 2. The molecule has 0 fully saturated rings. The van der Waals surface area contributed by atoms with Gasteiger partial charge in [-0.2, -0.15) is 0 Å². The van der Waals surface area contributed by atoms with E-state index in [1.807, 2.05) is 0 Å². The van der Waals surface area contributed by atoms with Crippen LogP contribution in [0.25, 0.3) is 0 Å². The fourth-order valence-electron chi connectivity index (χ4n) is 1.92. The molecular weight excluding hydrogens is 280 g/mol. The van der Waals surface area contributed by atoms with Crippen molar-refractivity contribution in [3.8, 4) is 11.5 Å². The molecule has 2 rings (SSSR count). The number of nitrogen functional groups attached to an aromatic ring is 1. The van der Waals surface area contributed by atoms with Gasteiger partial charge in [-0.1, -0.05) is 0 Å². The number of hydrogen-bond acceptors (Lipinski definition) is 4. The van der Waals surface area contributed by atoms with Crippen LogP contribution in [0.2, 0.25) is 0 Å². The van der Waals surface area contributed by atoms with Gasteiger partial charge in [-0.15, -0.1) is 0 Å². The van der Waals surface area contributed by atoms with Crippen molar-refractivity contribution in [2.24, 2.45) is 0 Å². The maximum Gasteiger partial charge on any atom is 0.202 e. The maximum atomic E-state index is 14.0. The maximum absolute atomic E-state index is 14.0. The summed E-state index contributed by atoms with van der Waals surface area (Å²) in [5.41, 5.74) is 5.20. The van der Waals surface area contributed by atoms with Gasteiger partial charge in [0.2, 0.25) is 5.78 Å². The Kier molecular flexibility index (Phi) is 4.07. The standard InChI is InChI=1S/C15H13F2NO3/c1-20-9-6-11(16)14(12(17)7-9)15(19)10-5-8(18)3-4-13(10)21-2/h3-7H,18H2,1-2H3. The van der Waals surface area contributed by atoms with E-state index in [1.54, 1.807) is 0 Å². The molecule has 0 aliphatic heterocycles. The van der Waals surface area contributed by atoms with Crippen molar-refractivity contribution in [1.29, 1.82) is 0 Å². The second kappa shape index (κ2) is 5.78. The number of carbonyl (C=O) groups excluding carboxylic acids is 1. The lowest BCUT2D eigenvalue weighted by Crippen LogP contribution is -2.10. The van der Waals surface area contributed by atoms with Crippen LogP contribution in [0.3, 0.4) is 0 Å². The van der Waals surface area contributed by atoms with Gasteiger partial charge >= 0.3 is 0 Å². The zero-order valence-corrected chi connectivity index (χ0v) is 11.4. The van der Waals surface area contributed by atoms with Gasteiger partial charge in [-0.3, -0.25) is 4.79 Å². The molecule has 0 heterocycles. The van der Waals surface area contributed by atoms with Crippen LogP contribution in [-0.4, -0.2) is 20.0 Å². The number of ketones is 1. The van der Waals surface area contributed by atoms with E-state index in [2.05, 4.69) is 0 Å². The molecule has 2 aromatic carbocycles. The Balaban J connectivity index is 2.58. The first kappa shape index (κ1) is 14.8. The molecule has 2 aromatic rings. The molecule has 0 spiro atoms. The Hall–Kier alpha value is -2.63. The summed E-state index contributed by atoms with van der Waals surface area (Å²) < 4.78 is 37.7. The zero-order chi connectivity index (χ0) is 15.6. The molecule has 0 amide bonds. The summed E-state index contributed by atoms with van der Waals surface area (Å²) in [4.78, 5) is 12.4.